The second kappa shape index (κ2) is 4.35. The molecule has 1 aliphatic carbocycles. The summed E-state index contributed by atoms with van der Waals surface area (Å²) in [6, 6.07) is 6.19. The highest BCUT2D eigenvalue weighted by atomic mass is 79.9. The predicted octanol–water partition coefficient (Wildman–Crippen LogP) is 4.08. The predicted molar refractivity (Wildman–Crippen MR) is 61.8 cm³/mol. The summed E-state index contributed by atoms with van der Waals surface area (Å²) in [6.45, 7) is 2.09. The van der Waals surface area contributed by atoms with E-state index in [1.165, 1.54) is 31.2 Å². The van der Waals surface area contributed by atoms with Gasteiger partial charge in [0.05, 0.1) is 6.10 Å². The van der Waals surface area contributed by atoms with Crippen LogP contribution in [0.15, 0.2) is 22.7 Å². The summed E-state index contributed by atoms with van der Waals surface area (Å²) in [7, 11) is 0. The van der Waals surface area contributed by atoms with Crippen molar-refractivity contribution in [1.29, 1.82) is 0 Å². The number of hydrogen-bond donors (Lipinski definition) is 0. The van der Waals surface area contributed by atoms with Crippen LogP contribution in [0.3, 0.4) is 0 Å². The van der Waals surface area contributed by atoms with E-state index in [2.05, 4.69) is 35.0 Å². The van der Waals surface area contributed by atoms with Crippen LogP contribution >= 0.6 is 15.9 Å². The number of halogens is 1. The molecule has 14 heavy (non-hydrogen) atoms. The SMILES string of the molecule is Cc1cc(Br)ccc1OC1CCCC1. The number of rotatable bonds is 2. The monoisotopic (exact) mass is 254 g/mol. The first-order valence-electron chi connectivity index (χ1n) is 5.18. The van der Waals surface area contributed by atoms with Crippen molar-refractivity contribution in [3.8, 4) is 5.75 Å². The van der Waals surface area contributed by atoms with Gasteiger partial charge in [0.15, 0.2) is 0 Å². The smallest absolute Gasteiger partial charge is 0.122 e. The zero-order valence-electron chi connectivity index (χ0n) is 8.42. The number of aryl methyl sites for hydroxylation is 1. The van der Waals surface area contributed by atoms with Crippen LogP contribution in [0.2, 0.25) is 0 Å². The lowest BCUT2D eigenvalue weighted by atomic mass is 10.2. The van der Waals surface area contributed by atoms with E-state index in [0.29, 0.717) is 6.10 Å². The van der Waals surface area contributed by atoms with Crippen LogP contribution in [0.1, 0.15) is 31.2 Å². The second-order valence-electron chi connectivity index (χ2n) is 3.93. The molecular weight excluding hydrogens is 240 g/mol. The van der Waals surface area contributed by atoms with E-state index < -0.39 is 0 Å². The van der Waals surface area contributed by atoms with E-state index in [-0.39, 0.29) is 0 Å². The molecule has 0 atom stereocenters. The molecule has 0 aliphatic heterocycles. The normalized spacial score (nSPS) is 17.3. The van der Waals surface area contributed by atoms with Gasteiger partial charge in [0.1, 0.15) is 5.75 Å². The van der Waals surface area contributed by atoms with E-state index >= 15 is 0 Å². The lowest BCUT2D eigenvalue weighted by Crippen LogP contribution is -2.11. The lowest BCUT2D eigenvalue weighted by Gasteiger charge is -2.15. The number of ether oxygens (including phenoxy) is 1. The fourth-order valence-electron chi connectivity index (χ4n) is 1.93. The molecule has 1 nitrogen and oxygen atoms in total. The van der Waals surface area contributed by atoms with E-state index in [0.717, 1.165) is 10.2 Å². The molecule has 0 saturated heterocycles. The average molecular weight is 255 g/mol. The van der Waals surface area contributed by atoms with Crippen molar-refractivity contribution in [2.24, 2.45) is 0 Å². The molecule has 76 valence electrons. The van der Waals surface area contributed by atoms with Gasteiger partial charge in [-0.15, -0.1) is 0 Å². The molecular formula is C12H15BrO. The van der Waals surface area contributed by atoms with Gasteiger partial charge in [-0.1, -0.05) is 15.9 Å². The van der Waals surface area contributed by atoms with Crippen LogP contribution in [0.5, 0.6) is 5.75 Å². The van der Waals surface area contributed by atoms with Gasteiger partial charge >= 0.3 is 0 Å². The molecule has 2 rings (SSSR count). The Morgan fingerprint density at radius 2 is 2.00 bits per heavy atom. The highest BCUT2D eigenvalue weighted by molar-refractivity contribution is 9.10. The molecule has 0 bridgehead atoms. The molecule has 2 heteroatoms. The first-order chi connectivity index (χ1) is 6.75. The Kier molecular flexibility index (Phi) is 3.12. The zero-order chi connectivity index (χ0) is 9.97. The largest absolute Gasteiger partial charge is 0.490 e. The topological polar surface area (TPSA) is 9.23 Å². The molecule has 0 unspecified atom stereocenters. The third-order valence-electron chi connectivity index (χ3n) is 2.73. The Morgan fingerprint density at radius 1 is 1.29 bits per heavy atom. The fourth-order valence-corrected chi connectivity index (χ4v) is 2.41. The Hall–Kier alpha value is -0.500. The molecule has 1 aromatic rings. The van der Waals surface area contributed by atoms with Crippen molar-refractivity contribution in [2.75, 3.05) is 0 Å². The Bertz CT molecular complexity index is 316. The molecule has 1 saturated carbocycles. The molecule has 0 amide bonds. The van der Waals surface area contributed by atoms with Crippen molar-refractivity contribution in [3.63, 3.8) is 0 Å². The summed E-state index contributed by atoms with van der Waals surface area (Å²) < 4.78 is 7.06. The zero-order valence-corrected chi connectivity index (χ0v) is 10.0. The van der Waals surface area contributed by atoms with Crippen LogP contribution in [0.4, 0.5) is 0 Å². The van der Waals surface area contributed by atoms with Gasteiger partial charge in [-0.05, 0) is 56.4 Å². The molecule has 1 aliphatic rings. The van der Waals surface area contributed by atoms with E-state index in [9.17, 15) is 0 Å². The van der Waals surface area contributed by atoms with Gasteiger partial charge in [-0.3, -0.25) is 0 Å². The summed E-state index contributed by atoms with van der Waals surface area (Å²) in [5.41, 5.74) is 1.21. The Labute approximate surface area is 93.6 Å². The summed E-state index contributed by atoms with van der Waals surface area (Å²) in [5, 5.41) is 0. The number of benzene rings is 1. The van der Waals surface area contributed by atoms with E-state index in [1.54, 1.807) is 0 Å². The minimum atomic E-state index is 0.454. The highest BCUT2D eigenvalue weighted by Crippen LogP contribution is 2.27. The third-order valence-corrected chi connectivity index (χ3v) is 3.23. The Balaban J connectivity index is 2.08. The minimum Gasteiger partial charge on any atom is -0.490 e. The summed E-state index contributed by atoms with van der Waals surface area (Å²) in [6.07, 6.45) is 5.53. The minimum absolute atomic E-state index is 0.454. The number of hydrogen-bond acceptors (Lipinski definition) is 1. The maximum Gasteiger partial charge on any atom is 0.122 e. The van der Waals surface area contributed by atoms with Crippen LogP contribution in [-0.2, 0) is 0 Å². The maximum atomic E-state index is 5.94. The van der Waals surface area contributed by atoms with Gasteiger partial charge in [-0.25, -0.2) is 0 Å². The fraction of sp³-hybridized carbons (Fsp3) is 0.500. The van der Waals surface area contributed by atoms with Gasteiger partial charge < -0.3 is 4.74 Å². The van der Waals surface area contributed by atoms with Gasteiger partial charge in [0.2, 0.25) is 0 Å². The van der Waals surface area contributed by atoms with E-state index in [4.69, 9.17) is 4.74 Å². The average Bonchev–Trinajstić information content (AvgIpc) is 2.62. The summed E-state index contributed by atoms with van der Waals surface area (Å²) >= 11 is 3.45. The van der Waals surface area contributed by atoms with Crippen LogP contribution in [-0.4, -0.2) is 6.10 Å². The van der Waals surface area contributed by atoms with Gasteiger partial charge in [0, 0.05) is 4.47 Å². The van der Waals surface area contributed by atoms with Crippen molar-refractivity contribution < 1.29 is 4.74 Å². The second-order valence-corrected chi connectivity index (χ2v) is 4.85. The van der Waals surface area contributed by atoms with Crippen LogP contribution < -0.4 is 4.74 Å². The van der Waals surface area contributed by atoms with Crippen LogP contribution in [0, 0.1) is 6.92 Å². The van der Waals surface area contributed by atoms with Gasteiger partial charge in [0.25, 0.3) is 0 Å². The molecule has 1 fully saturated rings. The van der Waals surface area contributed by atoms with Crippen molar-refractivity contribution in [1.82, 2.24) is 0 Å². The first kappa shape index (κ1) is 10.0. The summed E-state index contributed by atoms with van der Waals surface area (Å²) in [4.78, 5) is 0. The Morgan fingerprint density at radius 3 is 2.64 bits per heavy atom. The molecule has 0 heterocycles. The molecule has 0 aromatic heterocycles. The maximum absolute atomic E-state index is 5.94. The third kappa shape index (κ3) is 2.30. The first-order valence-corrected chi connectivity index (χ1v) is 5.98. The highest BCUT2D eigenvalue weighted by Gasteiger charge is 2.16. The van der Waals surface area contributed by atoms with Crippen molar-refractivity contribution >= 4 is 15.9 Å². The molecule has 0 N–H and O–H groups in total. The quantitative estimate of drug-likeness (QED) is 0.773. The van der Waals surface area contributed by atoms with Crippen molar-refractivity contribution in [3.05, 3.63) is 28.2 Å². The van der Waals surface area contributed by atoms with Gasteiger partial charge in [-0.2, -0.15) is 0 Å². The lowest BCUT2D eigenvalue weighted by molar-refractivity contribution is 0.208. The molecule has 0 radical (unpaired) electrons. The van der Waals surface area contributed by atoms with Crippen molar-refractivity contribution in [2.45, 2.75) is 38.7 Å². The molecule has 1 aromatic carbocycles. The van der Waals surface area contributed by atoms with Crippen LogP contribution in [0.25, 0.3) is 0 Å². The standard InChI is InChI=1S/C12H15BrO/c1-9-8-10(13)6-7-12(9)14-11-4-2-3-5-11/h6-8,11H,2-5H2,1H3. The molecule has 0 spiro atoms. The summed E-state index contributed by atoms with van der Waals surface area (Å²) in [5.74, 6) is 1.04. The van der Waals surface area contributed by atoms with E-state index in [1.807, 2.05) is 6.07 Å².